The Morgan fingerprint density at radius 2 is 2.20 bits per heavy atom. The quantitative estimate of drug-likeness (QED) is 0.471. The smallest absolute Gasteiger partial charge is 0.353 e. The van der Waals surface area contributed by atoms with Gasteiger partial charge in [-0.1, -0.05) is 6.08 Å². The fourth-order valence-electron chi connectivity index (χ4n) is 1.51. The molecule has 0 amide bonds. The van der Waals surface area contributed by atoms with Gasteiger partial charge in [-0.05, 0) is 12.1 Å². The Kier molecular flexibility index (Phi) is 4.17. The van der Waals surface area contributed by atoms with E-state index < -0.39 is 4.92 Å². The Labute approximate surface area is 114 Å². The monoisotopic (exact) mass is 272 g/mol. The highest BCUT2D eigenvalue weighted by Crippen LogP contribution is 2.30. The fourth-order valence-corrected chi connectivity index (χ4v) is 1.51. The maximum absolute atomic E-state index is 11.2. The number of nitrogens with zero attached hydrogens (tertiary/aromatic N) is 4. The molecule has 0 unspecified atom stereocenters. The van der Waals surface area contributed by atoms with Crippen LogP contribution in [0.1, 0.15) is 0 Å². The molecule has 0 saturated heterocycles. The van der Waals surface area contributed by atoms with Gasteiger partial charge in [-0.15, -0.1) is 6.58 Å². The molecule has 0 radical (unpaired) electrons. The molecule has 2 heterocycles. The van der Waals surface area contributed by atoms with Crippen LogP contribution >= 0.6 is 0 Å². The minimum absolute atomic E-state index is 0.101. The molecule has 0 saturated carbocycles. The van der Waals surface area contributed by atoms with Gasteiger partial charge >= 0.3 is 5.69 Å². The second-order valence-electron chi connectivity index (χ2n) is 3.71. The second kappa shape index (κ2) is 6.23. The minimum atomic E-state index is -0.538. The van der Waals surface area contributed by atoms with Gasteiger partial charge in [0.1, 0.15) is 6.33 Å². The number of nitrogens with one attached hydrogen (secondary N) is 2. The first kappa shape index (κ1) is 13.4. The fraction of sp³-hybridized carbons (Fsp3) is 0.0833. The molecular formula is C12H12N6O2. The van der Waals surface area contributed by atoms with Gasteiger partial charge in [0.15, 0.2) is 0 Å². The standard InChI is InChI=1S/C12H12N6O2/c1-2-5-14-11-10(18(19)20)12(16-8-15-11)17-9-4-3-6-13-7-9/h2-4,6-8H,1,5H2,(H2,14,15,16,17). The van der Waals surface area contributed by atoms with E-state index in [0.717, 1.165) is 0 Å². The third kappa shape index (κ3) is 3.05. The molecule has 8 heteroatoms. The number of pyridine rings is 1. The topological polar surface area (TPSA) is 106 Å². The summed E-state index contributed by atoms with van der Waals surface area (Å²) in [6, 6.07) is 3.45. The predicted molar refractivity (Wildman–Crippen MR) is 74.9 cm³/mol. The van der Waals surface area contributed by atoms with E-state index >= 15 is 0 Å². The van der Waals surface area contributed by atoms with Gasteiger partial charge in [-0.25, -0.2) is 9.97 Å². The first-order valence-electron chi connectivity index (χ1n) is 5.73. The van der Waals surface area contributed by atoms with E-state index in [1.807, 2.05) is 0 Å². The Hall–Kier alpha value is -3.03. The van der Waals surface area contributed by atoms with Crippen LogP contribution in [0.15, 0.2) is 43.5 Å². The van der Waals surface area contributed by atoms with Crippen LogP contribution in [-0.2, 0) is 0 Å². The van der Waals surface area contributed by atoms with Crippen molar-refractivity contribution < 1.29 is 4.92 Å². The molecule has 102 valence electrons. The normalized spacial score (nSPS) is 9.80. The number of hydrogen-bond donors (Lipinski definition) is 2. The van der Waals surface area contributed by atoms with Gasteiger partial charge in [0.05, 0.1) is 16.8 Å². The van der Waals surface area contributed by atoms with Crippen molar-refractivity contribution in [2.75, 3.05) is 17.2 Å². The summed E-state index contributed by atoms with van der Waals surface area (Å²) in [4.78, 5) is 22.4. The molecule has 2 rings (SSSR count). The van der Waals surface area contributed by atoms with E-state index in [2.05, 4.69) is 32.2 Å². The molecule has 0 aromatic carbocycles. The number of nitro groups is 1. The van der Waals surface area contributed by atoms with Crippen molar-refractivity contribution in [3.63, 3.8) is 0 Å². The molecule has 0 bridgehead atoms. The highest BCUT2D eigenvalue weighted by Gasteiger charge is 2.22. The zero-order valence-electron chi connectivity index (χ0n) is 10.5. The average Bonchev–Trinajstić information content (AvgIpc) is 2.46. The Balaban J connectivity index is 2.36. The zero-order valence-corrected chi connectivity index (χ0v) is 10.5. The minimum Gasteiger partial charge on any atom is -0.361 e. The van der Waals surface area contributed by atoms with Crippen molar-refractivity contribution in [1.82, 2.24) is 15.0 Å². The van der Waals surface area contributed by atoms with Gasteiger partial charge in [0, 0.05) is 12.7 Å². The summed E-state index contributed by atoms with van der Waals surface area (Å²) in [6.07, 6.45) is 5.98. The molecule has 2 aromatic rings. The van der Waals surface area contributed by atoms with E-state index in [1.165, 1.54) is 6.33 Å². The summed E-state index contributed by atoms with van der Waals surface area (Å²) < 4.78 is 0. The summed E-state index contributed by atoms with van der Waals surface area (Å²) in [5.41, 5.74) is 0.377. The molecule has 0 aliphatic heterocycles. The molecule has 2 N–H and O–H groups in total. The van der Waals surface area contributed by atoms with Crippen LogP contribution in [-0.4, -0.2) is 26.4 Å². The van der Waals surface area contributed by atoms with Crippen LogP contribution in [0, 0.1) is 10.1 Å². The van der Waals surface area contributed by atoms with E-state index in [1.54, 1.807) is 30.6 Å². The predicted octanol–water partition coefficient (Wildman–Crippen LogP) is 2.12. The van der Waals surface area contributed by atoms with E-state index in [4.69, 9.17) is 0 Å². The van der Waals surface area contributed by atoms with Gasteiger partial charge in [-0.3, -0.25) is 15.1 Å². The largest absolute Gasteiger partial charge is 0.361 e. The molecule has 20 heavy (non-hydrogen) atoms. The van der Waals surface area contributed by atoms with Crippen molar-refractivity contribution >= 4 is 23.0 Å². The lowest BCUT2D eigenvalue weighted by molar-refractivity contribution is -0.383. The van der Waals surface area contributed by atoms with Crippen LogP contribution in [0.2, 0.25) is 0 Å². The molecule has 2 aromatic heterocycles. The van der Waals surface area contributed by atoms with Crippen LogP contribution in [0.4, 0.5) is 23.0 Å². The summed E-state index contributed by atoms with van der Waals surface area (Å²) in [5.74, 6) is 0.237. The molecule has 8 nitrogen and oxygen atoms in total. The first-order valence-corrected chi connectivity index (χ1v) is 5.73. The Morgan fingerprint density at radius 3 is 2.85 bits per heavy atom. The number of hydrogen-bond acceptors (Lipinski definition) is 7. The second-order valence-corrected chi connectivity index (χ2v) is 3.71. The van der Waals surface area contributed by atoms with Crippen LogP contribution in [0.25, 0.3) is 0 Å². The lowest BCUT2D eigenvalue weighted by Gasteiger charge is -2.08. The number of aromatic nitrogens is 3. The molecule has 0 fully saturated rings. The van der Waals surface area contributed by atoms with Gasteiger partial charge in [-0.2, -0.15) is 0 Å². The van der Waals surface area contributed by atoms with E-state index in [9.17, 15) is 10.1 Å². The van der Waals surface area contributed by atoms with Crippen LogP contribution in [0.5, 0.6) is 0 Å². The van der Waals surface area contributed by atoms with Crippen molar-refractivity contribution in [1.29, 1.82) is 0 Å². The lowest BCUT2D eigenvalue weighted by Crippen LogP contribution is -2.08. The van der Waals surface area contributed by atoms with E-state index in [-0.39, 0.29) is 17.3 Å². The van der Waals surface area contributed by atoms with Crippen molar-refractivity contribution in [2.45, 2.75) is 0 Å². The molecule has 0 aliphatic rings. The van der Waals surface area contributed by atoms with Gasteiger partial charge in [0.2, 0.25) is 11.6 Å². The summed E-state index contributed by atoms with van der Waals surface area (Å²) in [7, 11) is 0. The SMILES string of the molecule is C=CCNc1ncnc(Nc2cccnc2)c1[N+](=O)[O-]. The highest BCUT2D eigenvalue weighted by molar-refractivity contribution is 5.73. The molecule has 0 aliphatic carbocycles. The highest BCUT2D eigenvalue weighted by atomic mass is 16.6. The summed E-state index contributed by atoms with van der Waals surface area (Å²) >= 11 is 0. The van der Waals surface area contributed by atoms with Gasteiger partial charge in [0.25, 0.3) is 0 Å². The molecule has 0 spiro atoms. The average molecular weight is 272 g/mol. The maximum Gasteiger partial charge on any atom is 0.353 e. The van der Waals surface area contributed by atoms with Gasteiger partial charge < -0.3 is 10.6 Å². The summed E-state index contributed by atoms with van der Waals surface area (Å²) in [5, 5.41) is 16.9. The van der Waals surface area contributed by atoms with Crippen molar-refractivity contribution in [3.8, 4) is 0 Å². The Bertz CT molecular complexity index is 617. The maximum atomic E-state index is 11.2. The lowest BCUT2D eigenvalue weighted by atomic mass is 10.3. The third-order valence-electron chi connectivity index (χ3n) is 2.34. The van der Waals surface area contributed by atoms with Crippen molar-refractivity contribution in [2.24, 2.45) is 0 Å². The third-order valence-corrected chi connectivity index (χ3v) is 2.34. The molecular weight excluding hydrogens is 260 g/mol. The number of rotatable bonds is 6. The summed E-state index contributed by atoms with van der Waals surface area (Å²) in [6.45, 7) is 3.91. The first-order chi connectivity index (χ1) is 9.72. The molecule has 0 atom stereocenters. The number of anilines is 3. The zero-order chi connectivity index (χ0) is 14.4. The van der Waals surface area contributed by atoms with Crippen molar-refractivity contribution in [3.05, 3.63) is 53.6 Å². The van der Waals surface area contributed by atoms with E-state index in [0.29, 0.717) is 12.2 Å². The van der Waals surface area contributed by atoms with Crippen LogP contribution in [0.3, 0.4) is 0 Å². The Morgan fingerprint density at radius 1 is 1.40 bits per heavy atom. The van der Waals surface area contributed by atoms with Crippen LogP contribution < -0.4 is 10.6 Å².